The van der Waals surface area contributed by atoms with Gasteiger partial charge < -0.3 is 0 Å². The second-order valence-electron chi connectivity index (χ2n) is 4.22. The summed E-state index contributed by atoms with van der Waals surface area (Å²) in [5.41, 5.74) is -0.507. The largest absolute Gasteiger partial charge is 0.260 e. The van der Waals surface area contributed by atoms with Crippen molar-refractivity contribution in [2.24, 2.45) is 0 Å². The number of hydrogen-bond acceptors (Lipinski definition) is 4. The molecule has 0 aliphatic rings. The van der Waals surface area contributed by atoms with Gasteiger partial charge in [-0.3, -0.25) is 4.21 Å². The van der Waals surface area contributed by atoms with Crippen LogP contribution < -0.4 is 4.72 Å². The zero-order valence-electron chi connectivity index (χ0n) is 11.1. The van der Waals surface area contributed by atoms with Crippen molar-refractivity contribution in [3.05, 3.63) is 29.6 Å². The number of hydrogen-bond donors (Lipinski definition) is 1. The van der Waals surface area contributed by atoms with Crippen LogP contribution in [-0.4, -0.2) is 30.7 Å². The Balaban J connectivity index is 2.88. The smallest absolute Gasteiger partial charge is 0.241 e. The Bertz CT molecular complexity index is 653. The first kappa shape index (κ1) is 16.8. The van der Waals surface area contributed by atoms with Gasteiger partial charge in [-0.25, -0.2) is 17.5 Å². The third-order valence-corrected chi connectivity index (χ3v) is 5.66. The summed E-state index contributed by atoms with van der Waals surface area (Å²) >= 11 is 0. The predicted octanol–water partition coefficient (Wildman–Crippen LogP) is 1.13. The summed E-state index contributed by atoms with van der Waals surface area (Å²) in [7, 11) is -5.00. The molecule has 0 bridgehead atoms. The summed E-state index contributed by atoms with van der Waals surface area (Å²) in [6.07, 6.45) is 1.93. The highest BCUT2D eigenvalue weighted by Crippen LogP contribution is 2.17. The lowest BCUT2D eigenvalue weighted by molar-refractivity contribution is 0.573. The fourth-order valence-corrected chi connectivity index (χ4v) is 3.14. The molecule has 0 aliphatic carbocycles. The Kier molecular flexibility index (Phi) is 5.80. The van der Waals surface area contributed by atoms with E-state index in [4.69, 9.17) is 5.26 Å². The summed E-state index contributed by atoms with van der Waals surface area (Å²) in [5, 5.41) is 8.67. The first-order valence-corrected chi connectivity index (χ1v) is 8.90. The van der Waals surface area contributed by atoms with E-state index < -0.39 is 32.2 Å². The predicted molar refractivity (Wildman–Crippen MR) is 74.4 cm³/mol. The highest BCUT2D eigenvalue weighted by Gasteiger charge is 2.21. The van der Waals surface area contributed by atoms with Crippen LogP contribution in [-0.2, 0) is 20.8 Å². The van der Waals surface area contributed by atoms with Gasteiger partial charge in [0, 0.05) is 28.9 Å². The van der Waals surface area contributed by atoms with Crippen LogP contribution in [0.3, 0.4) is 0 Å². The first-order valence-electron chi connectivity index (χ1n) is 5.80. The van der Waals surface area contributed by atoms with Crippen LogP contribution in [0.2, 0.25) is 0 Å². The van der Waals surface area contributed by atoms with Gasteiger partial charge >= 0.3 is 0 Å². The van der Waals surface area contributed by atoms with Crippen LogP contribution in [0.5, 0.6) is 0 Å². The van der Waals surface area contributed by atoms with Crippen LogP contribution in [0.4, 0.5) is 4.39 Å². The molecule has 0 aromatic heterocycles. The normalized spacial score (nSPS) is 14.5. The Morgan fingerprint density at radius 3 is 2.70 bits per heavy atom. The molecule has 0 heterocycles. The molecule has 0 saturated carbocycles. The quantitative estimate of drug-likeness (QED) is 0.852. The zero-order chi connectivity index (χ0) is 15.3. The first-order chi connectivity index (χ1) is 9.29. The molecular formula is C12H15FN2O3S2. The van der Waals surface area contributed by atoms with Crippen molar-refractivity contribution in [2.45, 2.75) is 23.5 Å². The van der Waals surface area contributed by atoms with Crippen molar-refractivity contribution < 1.29 is 17.0 Å². The van der Waals surface area contributed by atoms with Crippen molar-refractivity contribution in [1.82, 2.24) is 4.72 Å². The molecule has 110 valence electrons. The Labute approximate surface area is 120 Å². The number of nitrogens with one attached hydrogen (secondary N) is 1. The van der Waals surface area contributed by atoms with Gasteiger partial charge in [-0.2, -0.15) is 5.26 Å². The molecule has 0 spiro atoms. The van der Waals surface area contributed by atoms with Crippen LogP contribution >= 0.6 is 0 Å². The molecule has 1 N–H and O–H groups in total. The minimum Gasteiger partial charge on any atom is -0.260 e. The van der Waals surface area contributed by atoms with E-state index in [9.17, 15) is 17.0 Å². The van der Waals surface area contributed by atoms with Crippen molar-refractivity contribution >= 4 is 20.8 Å². The van der Waals surface area contributed by atoms with Crippen LogP contribution in [0.1, 0.15) is 18.9 Å². The van der Waals surface area contributed by atoms with Gasteiger partial charge in [0.25, 0.3) is 0 Å². The third-order valence-electron chi connectivity index (χ3n) is 2.79. The second-order valence-corrected chi connectivity index (χ2v) is 7.76. The summed E-state index contributed by atoms with van der Waals surface area (Å²) in [4.78, 5) is -0.384. The highest BCUT2D eigenvalue weighted by molar-refractivity contribution is 7.89. The number of nitrogens with zero attached hydrogens (tertiary/aromatic N) is 1. The average Bonchev–Trinajstić information content (AvgIpc) is 2.37. The molecule has 0 fully saturated rings. The van der Waals surface area contributed by atoms with Gasteiger partial charge in [0.05, 0.1) is 0 Å². The lowest BCUT2D eigenvalue weighted by atomic mass is 10.2. The minimum atomic E-state index is -3.96. The van der Waals surface area contributed by atoms with Crippen LogP contribution in [0.15, 0.2) is 23.1 Å². The molecule has 0 radical (unpaired) electrons. The molecule has 2 unspecified atom stereocenters. The van der Waals surface area contributed by atoms with E-state index in [-0.39, 0.29) is 16.7 Å². The van der Waals surface area contributed by atoms with E-state index >= 15 is 0 Å². The maximum atomic E-state index is 13.4. The highest BCUT2D eigenvalue weighted by atomic mass is 32.2. The standard InChI is InChI=1S/C12H15FN2O3S2/c1-9(19(2)16)6-7-15-20(17,18)12-5-3-4-11(13)10(12)8-14/h3-5,9,15H,6-7H2,1-2H3. The van der Waals surface area contributed by atoms with Gasteiger partial charge in [-0.15, -0.1) is 0 Å². The summed E-state index contributed by atoms with van der Waals surface area (Å²) in [6, 6.07) is 4.97. The Morgan fingerprint density at radius 1 is 1.50 bits per heavy atom. The molecular weight excluding hydrogens is 303 g/mol. The minimum absolute atomic E-state index is 0.0739. The summed E-state index contributed by atoms with van der Waals surface area (Å²) in [6.45, 7) is 1.82. The molecule has 0 saturated heterocycles. The molecule has 1 aromatic carbocycles. The fraction of sp³-hybridized carbons (Fsp3) is 0.417. The maximum absolute atomic E-state index is 13.4. The van der Waals surface area contributed by atoms with Crippen LogP contribution in [0, 0.1) is 17.1 Å². The molecule has 1 rings (SSSR count). The lowest BCUT2D eigenvalue weighted by Gasteiger charge is -2.11. The van der Waals surface area contributed by atoms with E-state index in [1.54, 1.807) is 19.2 Å². The Morgan fingerprint density at radius 2 is 2.15 bits per heavy atom. The Hall–Kier alpha value is -1.30. The van der Waals surface area contributed by atoms with E-state index in [1.165, 1.54) is 12.1 Å². The molecule has 1 aromatic rings. The molecule has 8 heteroatoms. The second kappa shape index (κ2) is 6.92. The number of benzene rings is 1. The van der Waals surface area contributed by atoms with Gasteiger partial charge in [0.2, 0.25) is 10.0 Å². The van der Waals surface area contributed by atoms with E-state index in [0.717, 1.165) is 6.07 Å². The number of rotatable bonds is 6. The van der Waals surface area contributed by atoms with E-state index in [1.807, 2.05) is 0 Å². The van der Waals surface area contributed by atoms with Crippen molar-refractivity contribution in [3.63, 3.8) is 0 Å². The SMILES string of the molecule is CC(CCNS(=O)(=O)c1cccc(F)c1C#N)S(C)=O. The third kappa shape index (κ3) is 4.10. The fourth-order valence-electron chi connectivity index (χ4n) is 1.48. The van der Waals surface area contributed by atoms with Gasteiger partial charge in [0.1, 0.15) is 22.3 Å². The number of sulfonamides is 1. The number of halogens is 1. The summed E-state index contributed by atoms with van der Waals surface area (Å²) < 4.78 is 50.8. The maximum Gasteiger partial charge on any atom is 0.241 e. The summed E-state index contributed by atoms with van der Waals surface area (Å²) in [5.74, 6) is -0.876. The molecule has 5 nitrogen and oxygen atoms in total. The molecule has 0 amide bonds. The van der Waals surface area contributed by atoms with Crippen LogP contribution in [0.25, 0.3) is 0 Å². The van der Waals surface area contributed by atoms with E-state index in [0.29, 0.717) is 6.42 Å². The van der Waals surface area contributed by atoms with Crippen molar-refractivity contribution in [2.75, 3.05) is 12.8 Å². The average molecular weight is 318 g/mol. The van der Waals surface area contributed by atoms with Gasteiger partial charge in [-0.05, 0) is 18.6 Å². The van der Waals surface area contributed by atoms with Crippen molar-refractivity contribution in [3.8, 4) is 6.07 Å². The number of nitriles is 1. The lowest BCUT2D eigenvalue weighted by Crippen LogP contribution is -2.28. The van der Waals surface area contributed by atoms with Gasteiger partial charge in [0.15, 0.2) is 0 Å². The molecule has 0 aliphatic heterocycles. The topological polar surface area (TPSA) is 87.0 Å². The van der Waals surface area contributed by atoms with Gasteiger partial charge in [-0.1, -0.05) is 13.0 Å². The zero-order valence-corrected chi connectivity index (χ0v) is 12.7. The van der Waals surface area contributed by atoms with E-state index in [2.05, 4.69) is 4.72 Å². The monoisotopic (exact) mass is 318 g/mol. The van der Waals surface area contributed by atoms with Crippen molar-refractivity contribution in [1.29, 1.82) is 5.26 Å². The molecule has 20 heavy (non-hydrogen) atoms. The molecule has 2 atom stereocenters.